The number of H-pyrrole nitrogens is 1. The average molecular weight is 203 g/mol. The first-order chi connectivity index (χ1) is 4.77. The molecule has 1 aromatic rings. The van der Waals surface area contributed by atoms with Gasteiger partial charge in [0.05, 0.1) is 0 Å². The van der Waals surface area contributed by atoms with Gasteiger partial charge in [0.25, 0.3) is 0 Å². The van der Waals surface area contributed by atoms with E-state index >= 15 is 0 Å². The molecule has 0 unspecified atom stereocenters. The number of aldehydes is 1. The molecule has 0 aliphatic rings. The Morgan fingerprint density at radius 3 is 2.80 bits per heavy atom. The van der Waals surface area contributed by atoms with Gasteiger partial charge in [-0.3, -0.25) is 4.79 Å². The lowest BCUT2D eigenvalue weighted by Crippen LogP contribution is -1.82. The smallest absolute Gasteiger partial charge is 0.171 e. The Bertz CT molecular complexity index is 244. The molecule has 1 heterocycles. The van der Waals surface area contributed by atoms with Gasteiger partial charge in [-0.2, -0.15) is 0 Å². The van der Waals surface area contributed by atoms with E-state index in [0.29, 0.717) is 10.3 Å². The summed E-state index contributed by atoms with van der Waals surface area (Å²) in [6.07, 6.45) is 1.53. The maximum absolute atomic E-state index is 10.2. The molecular weight excluding hydrogens is 196 g/mol. The molecule has 0 aliphatic carbocycles. The maximum atomic E-state index is 10.2. The van der Waals surface area contributed by atoms with Crippen molar-refractivity contribution in [3.8, 4) is 0 Å². The minimum atomic E-state index is 0.442. The van der Waals surface area contributed by atoms with E-state index in [1.165, 1.54) is 0 Å². The number of aromatic nitrogens is 2. The van der Waals surface area contributed by atoms with Gasteiger partial charge in [-0.1, -0.05) is 6.92 Å². The number of carbonyl (C=O) groups is 1. The van der Waals surface area contributed by atoms with Gasteiger partial charge < -0.3 is 4.98 Å². The summed E-state index contributed by atoms with van der Waals surface area (Å²) in [5.41, 5.74) is 0.442. The molecule has 0 bridgehead atoms. The van der Waals surface area contributed by atoms with Crippen molar-refractivity contribution in [2.45, 2.75) is 13.3 Å². The molecule has 1 rings (SSSR count). The highest BCUT2D eigenvalue weighted by Gasteiger charge is 2.03. The number of aryl methyl sites for hydroxylation is 1. The van der Waals surface area contributed by atoms with Gasteiger partial charge in [0, 0.05) is 6.42 Å². The number of rotatable bonds is 2. The van der Waals surface area contributed by atoms with Gasteiger partial charge in [-0.15, -0.1) is 0 Å². The molecule has 0 radical (unpaired) electrons. The molecule has 4 heteroatoms. The van der Waals surface area contributed by atoms with E-state index in [1.54, 1.807) is 0 Å². The van der Waals surface area contributed by atoms with Crippen LogP contribution in [0.15, 0.2) is 4.60 Å². The fourth-order valence-electron chi connectivity index (χ4n) is 0.659. The van der Waals surface area contributed by atoms with E-state index in [-0.39, 0.29) is 0 Å². The van der Waals surface area contributed by atoms with Crippen molar-refractivity contribution < 1.29 is 4.79 Å². The van der Waals surface area contributed by atoms with Crippen LogP contribution in [0.4, 0.5) is 0 Å². The molecule has 0 saturated carbocycles. The third-order valence-electron chi connectivity index (χ3n) is 1.18. The highest BCUT2D eigenvalue weighted by molar-refractivity contribution is 9.10. The molecule has 0 fully saturated rings. The molecule has 1 N–H and O–H groups in total. The number of hydrogen-bond acceptors (Lipinski definition) is 2. The first-order valence-corrected chi connectivity index (χ1v) is 3.76. The van der Waals surface area contributed by atoms with Crippen molar-refractivity contribution >= 4 is 22.2 Å². The van der Waals surface area contributed by atoms with E-state index in [0.717, 1.165) is 18.5 Å². The molecule has 10 heavy (non-hydrogen) atoms. The molecule has 0 amide bonds. The van der Waals surface area contributed by atoms with Gasteiger partial charge in [-0.05, 0) is 15.9 Å². The van der Waals surface area contributed by atoms with Crippen LogP contribution in [-0.2, 0) is 6.42 Å². The van der Waals surface area contributed by atoms with Crippen LogP contribution in [0.5, 0.6) is 0 Å². The van der Waals surface area contributed by atoms with Gasteiger partial charge in [0.1, 0.15) is 16.1 Å². The number of carbonyl (C=O) groups excluding carboxylic acids is 1. The first-order valence-electron chi connectivity index (χ1n) is 2.97. The van der Waals surface area contributed by atoms with Crippen molar-refractivity contribution in [3.05, 3.63) is 16.1 Å². The number of imidazole rings is 1. The second kappa shape index (κ2) is 2.96. The van der Waals surface area contributed by atoms with Crippen LogP contribution in [0.2, 0.25) is 0 Å². The SMILES string of the molecule is CCc1nc(C=O)c(Br)[nH]1. The van der Waals surface area contributed by atoms with Gasteiger partial charge in [0.15, 0.2) is 6.29 Å². The topological polar surface area (TPSA) is 45.8 Å². The number of hydrogen-bond donors (Lipinski definition) is 1. The third kappa shape index (κ3) is 1.26. The van der Waals surface area contributed by atoms with Crippen LogP contribution in [-0.4, -0.2) is 16.3 Å². The zero-order valence-corrected chi connectivity index (χ0v) is 7.10. The number of halogens is 1. The summed E-state index contributed by atoms with van der Waals surface area (Å²) in [5.74, 6) is 0.828. The second-order valence-corrected chi connectivity index (χ2v) is 2.65. The Kier molecular flexibility index (Phi) is 2.21. The minimum Gasteiger partial charge on any atom is -0.336 e. The number of nitrogens with zero attached hydrogens (tertiary/aromatic N) is 1. The van der Waals surface area contributed by atoms with Crippen molar-refractivity contribution in [2.75, 3.05) is 0 Å². The summed E-state index contributed by atoms with van der Waals surface area (Å²) < 4.78 is 0.666. The van der Waals surface area contributed by atoms with E-state index in [9.17, 15) is 4.79 Å². The van der Waals surface area contributed by atoms with E-state index in [4.69, 9.17) is 0 Å². The minimum absolute atomic E-state index is 0.442. The Labute approximate surface area is 67.0 Å². The van der Waals surface area contributed by atoms with Crippen LogP contribution in [0.25, 0.3) is 0 Å². The first kappa shape index (κ1) is 7.47. The van der Waals surface area contributed by atoms with E-state index < -0.39 is 0 Å². The number of nitrogens with one attached hydrogen (secondary N) is 1. The van der Waals surface area contributed by atoms with Crippen LogP contribution < -0.4 is 0 Å². The van der Waals surface area contributed by atoms with Crippen LogP contribution in [0, 0.1) is 0 Å². The summed E-state index contributed by atoms with van der Waals surface area (Å²) in [4.78, 5) is 17.1. The Morgan fingerprint density at radius 1 is 1.80 bits per heavy atom. The predicted molar refractivity (Wildman–Crippen MR) is 41.1 cm³/mol. The molecule has 54 valence electrons. The lowest BCUT2D eigenvalue weighted by Gasteiger charge is -1.81. The number of aromatic amines is 1. The van der Waals surface area contributed by atoms with E-state index in [2.05, 4.69) is 25.9 Å². The monoisotopic (exact) mass is 202 g/mol. The van der Waals surface area contributed by atoms with Crippen LogP contribution in [0.3, 0.4) is 0 Å². The second-order valence-electron chi connectivity index (χ2n) is 1.85. The Morgan fingerprint density at radius 2 is 2.50 bits per heavy atom. The highest BCUT2D eigenvalue weighted by atomic mass is 79.9. The fourth-order valence-corrected chi connectivity index (χ4v) is 1.07. The van der Waals surface area contributed by atoms with Crippen molar-refractivity contribution in [1.82, 2.24) is 9.97 Å². The zero-order chi connectivity index (χ0) is 7.56. The standard InChI is InChI=1S/C6H7BrN2O/c1-2-5-8-4(3-10)6(7)9-5/h3H,2H2,1H3,(H,8,9). The Balaban J connectivity index is 3.03. The molecular formula is C6H7BrN2O. The summed E-state index contributed by atoms with van der Waals surface area (Å²) in [7, 11) is 0. The lowest BCUT2D eigenvalue weighted by atomic mass is 10.5. The largest absolute Gasteiger partial charge is 0.336 e. The van der Waals surface area contributed by atoms with Gasteiger partial charge in [-0.25, -0.2) is 4.98 Å². The molecule has 0 aliphatic heterocycles. The predicted octanol–water partition coefficient (Wildman–Crippen LogP) is 1.55. The van der Waals surface area contributed by atoms with Crippen LogP contribution >= 0.6 is 15.9 Å². The van der Waals surface area contributed by atoms with Crippen molar-refractivity contribution in [2.24, 2.45) is 0 Å². The molecule has 0 atom stereocenters. The molecule has 3 nitrogen and oxygen atoms in total. The lowest BCUT2D eigenvalue weighted by molar-refractivity contribution is 0.111. The molecule has 0 aromatic carbocycles. The molecule has 1 aromatic heterocycles. The van der Waals surface area contributed by atoms with E-state index in [1.807, 2.05) is 6.92 Å². The summed E-state index contributed by atoms with van der Waals surface area (Å²) in [6.45, 7) is 1.97. The normalized spacial score (nSPS) is 9.80. The van der Waals surface area contributed by atoms with Gasteiger partial charge in [0.2, 0.25) is 0 Å². The molecule has 0 saturated heterocycles. The highest BCUT2D eigenvalue weighted by Crippen LogP contribution is 2.11. The summed E-state index contributed by atoms with van der Waals surface area (Å²) in [5, 5.41) is 0. The zero-order valence-electron chi connectivity index (χ0n) is 5.52. The van der Waals surface area contributed by atoms with Crippen molar-refractivity contribution in [3.63, 3.8) is 0 Å². The summed E-state index contributed by atoms with van der Waals surface area (Å²) >= 11 is 3.17. The van der Waals surface area contributed by atoms with Gasteiger partial charge >= 0.3 is 0 Å². The third-order valence-corrected chi connectivity index (χ3v) is 1.79. The summed E-state index contributed by atoms with van der Waals surface area (Å²) in [6, 6.07) is 0. The fraction of sp³-hybridized carbons (Fsp3) is 0.333. The average Bonchev–Trinajstić information content (AvgIpc) is 2.30. The Hall–Kier alpha value is -0.640. The van der Waals surface area contributed by atoms with Crippen molar-refractivity contribution in [1.29, 1.82) is 0 Å². The van der Waals surface area contributed by atoms with Crippen LogP contribution in [0.1, 0.15) is 23.2 Å². The molecule has 0 spiro atoms. The maximum Gasteiger partial charge on any atom is 0.171 e. The quantitative estimate of drug-likeness (QED) is 0.741.